The van der Waals surface area contributed by atoms with Crippen LogP contribution in [-0.2, 0) is 4.74 Å². The molecular formula is C17H24O7. The van der Waals surface area contributed by atoms with Gasteiger partial charge in [0.25, 0.3) is 0 Å². The van der Waals surface area contributed by atoms with Gasteiger partial charge >= 0.3 is 0 Å². The van der Waals surface area contributed by atoms with Crippen molar-refractivity contribution >= 4 is 5.78 Å². The molecule has 0 radical (unpaired) electrons. The Labute approximate surface area is 140 Å². The number of ketones is 1. The molecule has 4 N–H and O–H groups in total. The van der Waals surface area contributed by atoms with Crippen molar-refractivity contribution in [2.45, 2.75) is 56.9 Å². The van der Waals surface area contributed by atoms with Crippen molar-refractivity contribution in [2.75, 3.05) is 6.61 Å². The number of carbonyl (C=O) groups is 1. The summed E-state index contributed by atoms with van der Waals surface area (Å²) in [4.78, 5) is 12.3. The van der Waals surface area contributed by atoms with E-state index < -0.39 is 37.3 Å². The number of hydrogen-bond donors (Lipinski definition) is 4. The van der Waals surface area contributed by atoms with Crippen LogP contribution in [0.1, 0.15) is 36.5 Å². The summed E-state index contributed by atoms with van der Waals surface area (Å²) in [5, 5.41) is 38.8. The molecule has 1 aromatic carbocycles. The van der Waals surface area contributed by atoms with Crippen LogP contribution >= 0.6 is 0 Å². The van der Waals surface area contributed by atoms with E-state index in [1.165, 1.54) is 0 Å². The molecule has 2 unspecified atom stereocenters. The smallest absolute Gasteiger partial charge is 0.229 e. The second-order valence-corrected chi connectivity index (χ2v) is 5.84. The van der Waals surface area contributed by atoms with Crippen LogP contribution in [0, 0.1) is 0 Å². The van der Waals surface area contributed by atoms with Crippen molar-refractivity contribution in [1.82, 2.24) is 0 Å². The lowest BCUT2D eigenvalue weighted by Gasteiger charge is -2.39. The van der Waals surface area contributed by atoms with Gasteiger partial charge in [-0.05, 0) is 18.6 Å². The third-order valence-corrected chi connectivity index (χ3v) is 4.04. The number of ether oxygens (including phenoxy) is 2. The van der Waals surface area contributed by atoms with Gasteiger partial charge in [-0.25, -0.2) is 0 Å². The fourth-order valence-electron chi connectivity index (χ4n) is 2.56. The fraction of sp³-hybridized carbons (Fsp3) is 0.588. The summed E-state index contributed by atoms with van der Waals surface area (Å²) in [5.74, 6) is 0.139. The minimum Gasteiger partial charge on any atom is -0.461 e. The molecule has 7 heteroatoms. The van der Waals surface area contributed by atoms with Crippen LogP contribution < -0.4 is 4.74 Å². The lowest BCUT2D eigenvalue weighted by Crippen LogP contribution is -2.60. The van der Waals surface area contributed by atoms with E-state index in [0.29, 0.717) is 12.0 Å². The minimum absolute atomic E-state index is 0.0861. The van der Waals surface area contributed by atoms with Crippen LogP contribution in [0.25, 0.3) is 0 Å². The molecule has 1 saturated heterocycles. The molecule has 0 saturated carbocycles. The van der Waals surface area contributed by atoms with Gasteiger partial charge < -0.3 is 29.9 Å². The first kappa shape index (κ1) is 18.8. The fourth-order valence-corrected chi connectivity index (χ4v) is 2.56. The largest absolute Gasteiger partial charge is 0.461 e. The normalized spacial score (nSPS) is 30.1. The lowest BCUT2D eigenvalue weighted by atomic mass is 9.99. The van der Waals surface area contributed by atoms with Crippen molar-refractivity contribution in [3.63, 3.8) is 0 Å². The third-order valence-electron chi connectivity index (χ3n) is 4.04. The Morgan fingerprint density at radius 1 is 1.17 bits per heavy atom. The summed E-state index contributed by atoms with van der Waals surface area (Å²) in [6.07, 6.45) is -4.82. The topological polar surface area (TPSA) is 116 Å². The highest BCUT2D eigenvalue weighted by Gasteiger charge is 2.44. The summed E-state index contributed by atoms with van der Waals surface area (Å²) in [7, 11) is 0. The van der Waals surface area contributed by atoms with E-state index in [1.54, 1.807) is 24.3 Å². The number of benzene rings is 1. The van der Waals surface area contributed by atoms with E-state index in [1.807, 2.05) is 6.92 Å². The summed E-state index contributed by atoms with van der Waals surface area (Å²) in [6.45, 7) is 1.45. The Hall–Kier alpha value is -1.51. The van der Waals surface area contributed by atoms with E-state index in [9.17, 15) is 25.2 Å². The van der Waals surface area contributed by atoms with Crippen LogP contribution in [0.15, 0.2) is 24.3 Å². The molecule has 7 nitrogen and oxygen atoms in total. The van der Waals surface area contributed by atoms with Gasteiger partial charge in [-0.2, -0.15) is 0 Å². The second-order valence-electron chi connectivity index (χ2n) is 5.84. The maximum absolute atomic E-state index is 12.3. The number of aliphatic hydroxyl groups excluding tert-OH is 4. The van der Waals surface area contributed by atoms with Gasteiger partial charge in [-0.3, -0.25) is 4.79 Å². The lowest BCUT2D eigenvalue weighted by molar-refractivity contribution is -0.277. The summed E-state index contributed by atoms with van der Waals surface area (Å²) < 4.78 is 10.9. The average molecular weight is 340 g/mol. The molecule has 1 aliphatic heterocycles. The summed E-state index contributed by atoms with van der Waals surface area (Å²) >= 11 is 0. The predicted octanol–water partition coefficient (Wildman–Crippen LogP) is 0.238. The zero-order valence-corrected chi connectivity index (χ0v) is 13.5. The van der Waals surface area contributed by atoms with Crippen LogP contribution in [0.5, 0.6) is 5.75 Å². The molecule has 1 fully saturated rings. The Bertz CT molecular complexity index is 545. The number of aliphatic hydroxyl groups is 4. The van der Waals surface area contributed by atoms with Crippen molar-refractivity contribution in [1.29, 1.82) is 0 Å². The number of unbranched alkanes of at least 4 members (excludes halogenated alkanes) is 1. The number of hydrogen-bond acceptors (Lipinski definition) is 7. The molecule has 24 heavy (non-hydrogen) atoms. The van der Waals surface area contributed by atoms with Gasteiger partial charge in [0.05, 0.1) is 12.2 Å². The first-order valence-electron chi connectivity index (χ1n) is 8.09. The molecule has 0 aromatic heterocycles. The highest BCUT2D eigenvalue weighted by Crippen LogP contribution is 2.27. The molecule has 5 atom stereocenters. The van der Waals surface area contributed by atoms with Gasteiger partial charge in [0.15, 0.2) is 5.78 Å². The molecule has 1 heterocycles. The maximum Gasteiger partial charge on any atom is 0.229 e. The standard InChI is InChI=1S/C17H24O7/c1-2-3-7-11(19)10-6-4-5-8-12(10)23-17-16(22)15(21)14(20)13(9-18)24-17/h4-6,8,13-18,20-22H,2-3,7,9H2,1H3/t13?,14-,15+,16?,17-/m1/s1. The van der Waals surface area contributed by atoms with Crippen LogP contribution in [-0.4, -0.2) is 63.5 Å². The predicted molar refractivity (Wildman–Crippen MR) is 84.7 cm³/mol. The minimum atomic E-state index is -1.52. The first-order chi connectivity index (χ1) is 11.5. The first-order valence-corrected chi connectivity index (χ1v) is 8.09. The average Bonchev–Trinajstić information content (AvgIpc) is 2.60. The van der Waals surface area contributed by atoms with Crippen molar-refractivity contribution < 1.29 is 34.7 Å². The molecule has 0 bridgehead atoms. The molecule has 1 aliphatic rings. The van der Waals surface area contributed by atoms with Gasteiger partial charge in [-0.1, -0.05) is 25.5 Å². The maximum atomic E-state index is 12.3. The summed E-state index contributed by atoms with van der Waals surface area (Å²) in [6, 6.07) is 6.58. The molecule has 2 rings (SSSR count). The zero-order valence-electron chi connectivity index (χ0n) is 13.5. The number of rotatable bonds is 7. The van der Waals surface area contributed by atoms with E-state index in [0.717, 1.165) is 12.8 Å². The third kappa shape index (κ3) is 4.12. The van der Waals surface area contributed by atoms with Gasteiger partial charge in [0, 0.05) is 6.42 Å². The van der Waals surface area contributed by atoms with Crippen LogP contribution in [0.2, 0.25) is 0 Å². The summed E-state index contributed by atoms with van der Waals surface area (Å²) in [5.41, 5.74) is 0.364. The SMILES string of the molecule is CCCCC(=O)c1ccccc1O[C@@H]1OC(CO)[C@@H](O)[C@H](O)C1O. The van der Waals surface area contributed by atoms with Crippen LogP contribution in [0.3, 0.4) is 0 Å². The van der Waals surface area contributed by atoms with E-state index in [2.05, 4.69) is 0 Å². The monoisotopic (exact) mass is 340 g/mol. The number of Topliss-reactive ketones (excluding diaryl/α,β-unsaturated/α-hetero) is 1. The highest BCUT2D eigenvalue weighted by molar-refractivity contribution is 5.98. The quantitative estimate of drug-likeness (QED) is 0.525. The van der Waals surface area contributed by atoms with Gasteiger partial charge in [-0.15, -0.1) is 0 Å². The van der Waals surface area contributed by atoms with Crippen molar-refractivity contribution in [2.24, 2.45) is 0 Å². The zero-order chi connectivity index (χ0) is 17.7. The Kier molecular flexibility index (Phi) is 6.70. The number of para-hydroxylation sites is 1. The highest BCUT2D eigenvalue weighted by atomic mass is 16.7. The van der Waals surface area contributed by atoms with Crippen molar-refractivity contribution in [3.05, 3.63) is 29.8 Å². The Balaban J connectivity index is 2.16. The molecule has 0 spiro atoms. The number of carbonyl (C=O) groups excluding carboxylic acids is 1. The Morgan fingerprint density at radius 2 is 1.88 bits per heavy atom. The second kappa shape index (κ2) is 8.55. The van der Waals surface area contributed by atoms with E-state index >= 15 is 0 Å². The van der Waals surface area contributed by atoms with Gasteiger partial charge in [0.1, 0.15) is 30.2 Å². The molecule has 0 amide bonds. The molecule has 134 valence electrons. The van der Waals surface area contributed by atoms with Crippen LogP contribution in [0.4, 0.5) is 0 Å². The van der Waals surface area contributed by atoms with E-state index in [4.69, 9.17) is 9.47 Å². The van der Waals surface area contributed by atoms with E-state index in [-0.39, 0.29) is 11.5 Å². The van der Waals surface area contributed by atoms with Gasteiger partial charge in [0.2, 0.25) is 6.29 Å². The molecule has 0 aliphatic carbocycles. The molecule has 1 aromatic rings. The molecular weight excluding hydrogens is 316 g/mol. The van der Waals surface area contributed by atoms with Crippen molar-refractivity contribution in [3.8, 4) is 5.75 Å². The Morgan fingerprint density at radius 3 is 2.54 bits per heavy atom.